The van der Waals surface area contributed by atoms with E-state index in [0.717, 1.165) is 0 Å². The predicted octanol–water partition coefficient (Wildman–Crippen LogP) is 2.40. The van der Waals surface area contributed by atoms with E-state index in [9.17, 15) is 27.5 Å². The summed E-state index contributed by atoms with van der Waals surface area (Å²) >= 11 is 5.68. The summed E-state index contributed by atoms with van der Waals surface area (Å²) in [4.78, 5) is 16.9. The highest BCUT2D eigenvalue weighted by Crippen LogP contribution is 2.50. The highest BCUT2D eigenvalue weighted by Gasteiger charge is 2.68. The number of aliphatic hydroxyl groups excluding tert-OH is 1. The molecule has 0 aromatic carbocycles. The molecule has 1 saturated carbocycles. The van der Waals surface area contributed by atoms with Crippen LogP contribution in [0, 0.1) is 0 Å². The van der Waals surface area contributed by atoms with Crippen LogP contribution in [0.15, 0.2) is 18.2 Å². The SMILES string of the molecule is O=C(c1cccc(Cl)n1)N1CC(F)(F)C(O)C12CC(F)C(F)C2. The smallest absolute Gasteiger partial charge is 0.292 e. The first-order valence-electron chi connectivity index (χ1n) is 6.96. The number of carbonyl (C=O) groups excluding carboxylic acids is 1. The zero-order valence-corrected chi connectivity index (χ0v) is 12.5. The molecule has 3 rings (SSSR count). The fourth-order valence-electron chi connectivity index (χ4n) is 3.39. The van der Waals surface area contributed by atoms with Gasteiger partial charge in [0.05, 0.1) is 12.1 Å². The van der Waals surface area contributed by atoms with Crippen molar-refractivity contribution in [3.8, 4) is 0 Å². The van der Waals surface area contributed by atoms with Crippen molar-refractivity contribution in [2.24, 2.45) is 0 Å². The molecule has 1 aliphatic carbocycles. The van der Waals surface area contributed by atoms with Crippen LogP contribution in [-0.4, -0.2) is 57.4 Å². The standard InChI is InChI=1S/C14H13ClF4N2O2/c15-10-3-1-2-9(20-10)11(22)21-6-14(18,19)12(23)13(21)4-7(16)8(17)5-13/h1-3,7-8,12,23H,4-6H2. The number of hydrogen-bond donors (Lipinski definition) is 1. The first-order chi connectivity index (χ1) is 10.7. The van der Waals surface area contributed by atoms with E-state index in [2.05, 4.69) is 4.98 Å². The maximum Gasteiger partial charge on any atom is 0.292 e. The van der Waals surface area contributed by atoms with Gasteiger partial charge in [-0.3, -0.25) is 4.79 Å². The summed E-state index contributed by atoms with van der Waals surface area (Å²) in [6.45, 7) is -1.12. The zero-order valence-electron chi connectivity index (χ0n) is 11.7. The molecule has 1 aromatic rings. The van der Waals surface area contributed by atoms with Crippen molar-refractivity contribution in [2.75, 3.05) is 6.54 Å². The molecule has 1 aliphatic heterocycles. The maximum absolute atomic E-state index is 14.0. The van der Waals surface area contributed by atoms with Crippen molar-refractivity contribution in [1.29, 1.82) is 0 Å². The number of carbonyl (C=O) groups is 1. The number of rotatable bonds is 1. The summed E-state index contributed by atoms with van der Waals surface area (Å²) < 4.78 is 55.2. The summed E-state index contributed by atoms with van der Waals surface area (Å²) in [5.74, 6) is -4.59. The number of amides is 1. The van der Waals surface area contributed by atoms with Gasteiger partial charge < -0.3 is 10.0 Å². The highest BCUT2D eigenvalue weighted by molar-refractivity contribution is 6.29. The molecule has 9 heteroatoms. The predicted molar refractivity (Wildman–Crippen MR) is 73.0 cm³/mol. The van der Waals surface area contributed by atoms with Crippen LogP contribution in [0.25, 0.3) is 0 Å². The van der Waals surface area contributed by atoms with Crippen LogP contribution in [0.1, 0.15) is 23.3 Å². The van der Waals surface area contributed by atoms with Crippen LogP contribution in [0.4, 0.5) is 17.6 Å². The molecular weight excluding hydrogens is 340 g/mol. The fraction of sp³-hybridized carbons (Fsp3) is 0.571. The van der Waals surface area contributed by atoms with Crippen molar-refractivity contribution >= 4 is 17.5 Å². The van der Waals surface area contributed by atoms with E-state index in [1.807, 2.05) is 0 Å². The van der Waals surface area contributed by atoms with Gasteiger partial charge in [-0.2, -0.15) is 0 Å². The van der Waals surface area contributed by atoms with Gasteiger partial charge in [0.25, 0.3) is 11.8 Å². The first kappa shape index (κ1) is 16.4. The molecule has 3 unspecified atom stereocenters. The van der Waals surface area contributed by atoms with Gasteiger partial charge in [0.1, 0.15) is 29.3 Å². The Bertz CT molecular complexity index is 635. The summed E-state index contributed by atoms with van der Waals surface area (Å²) in [7, 11) is 0. The number of pyridine rings is 1. The summed E-state index contributed by atoms with van der Waals surface area (Å²) in [6.07, 6.45) is -7.73. The van der Waals surface area contributed by atoms with Gasteiger partial charge in [-0.15, -0.1) is 0 Å². The lowest BCUT2D eigenvalue weighted by Crippen LogP contribution is -2.52. The zero-order chi connectivity index (χ0) is 17.0. The van der Waals surface area contributed by atoms with Crippen molar-refractivity contribution in [2.45, 2.75) is 42.8 Å². The van der Waals surface area contributed by atoms with E-state index in [4.69, 9.17) is 11.6 Å². The third kappa shape index (κ3) is 2.48. The highest BCUT2D eigenvalue weighted by atomic mass is 35.5. The van der Waals surface area contributed by atoms with Gasteiger partial charge in [-0.05, 0) is 12.1 Å². The minimum Gasteiger partial charge on any atom is -0.384 e. The summed E-state index contributed by atoms with van der Waals surface area (Å²) in [6, 6.07) is 4.07. The number of aliphatic hydroxyl groups is 1. The minimum absolute atomic E-state index is 0.0189. The average molecular weight is 353 g/mol. The second-order valence-corrected chi connectivity index (χ2v) is 6.33. The number of aromatic nitrogens is 1. The topological polar surface area (TPSA) is 53.4 Å². The molecule has 1 aromatic heterocycles. The van der Waals surface area contributed by atoms with Gasteiger partial charge in [0, 0.05) is 12.8 Å². The van der Waals surface area contributed by atoms with E-state index in [0.29, 0.717) is 4.90 Å². The number of likely N-dealkylation sites (tertiary alicyclic amines) is 1. The molecule has 2 aliphatic rings. The molecule has 0 bridgehead atoms. The Morgan fingerprint density at radius 1 is 1.30 bits per heavy atom. The van der Waals surface area contributed by atoms with Gasteiger partial charge in [-0.1, -0.05) is 17.7 Å². The summed E-state index contributed by atoms with van der Waals surface area (Å²) in [5.41, 5.74) is -2.21. The number of hydrogen-bond acceptors (Lipinski definition) is 3. The van der Waals surface area contributed by atoms with E-state index in [-0.39, 0.29) is 10.8 Å². The lowest BCUT2D eigenvalue weighted by atomic mass is 9.89. The van der Waals surface area contributed by atoms with Crippen LogP contribution in [0.3, 0.4) is 0 Å². The first-order valence-corrected chi connectivity index (χ1v) is 7.34. The van der Waals surface area contributed by atoms with E-state index >= 15 is 0 Å². The second kappa shape index (κ2) is 5.31. The van der Waals surface area contributed by atoms with Crippen LogP contribution < -0.4 is 0 Å². The normalized spacial score (nSPS) is 35.9. The molecule has 1 N–H and O–H groups in total. The quantitative estimate of drug-likeness (QED) is 0.624. The molecule has 2 heterocycles. The Labute approximate surface area is 134 Å². The van der Waals surface area contributed by atoms with Crippen molar-refractivity contribution in [1.82, 2.24) is 9.88 Å². The average Bonchev–Trinajstić information content (AvgIpc) is 2.88. The van der Waals surface area contributed by atoms with Crippen molar-refractivity contribution < 1.29 is 27.5 Å². The summed E-state index contributed by atoms with van der Waals surface area (Å²) in [5, 5.41) is 9.92. The molecule has 1 spiro atoms. The second-order valence-electron chi connectivity index (χ2n) is 5.94. The Hall–Kier alpha value is -1.41. The Balaban J connectivity index is 2.01. The molecule has 4 nitrogen and oxygen atoms in total. The van der Waals surface area contributed by atoms with Crippen molar-refractivity contribution in [3.63, 3.8) is 0 Å². The molecule has 0 radical (unpaired) electrons. The van der Waals surface area contributed by atoms with E-state index in [1.54, 1.807) is 0 Å². The molecule has 1 saturated heterocycles. The van der Waals surface area contributed by atoms with E-state index in [1.165, 1.54) is 18.2 Å². The van der Waals surface area contributed by atoms with Crippen LogP contribution in [0.2, 0.25) is 5.15 Å². The third-order valence-corrected chi connectivity index (χ3v) is 4.69. The van der Waals surface area contributed by atoms with Crippen LogP contribution in [-0.2, 0) is 0 Å². The molecule has 2 fully saturated rings. The molecule has 3 atom stereocenters. The molecule has 23 heavy (non-hydrogen) atoms. The van der Waals surface area contributed by atoms with Gasteiger partial charge in [0.2, 0.25) is 0 Å². The molecule has 126 valence electrons. The largest absolute Gasteiger partial charge is 0.384 e. The lowest BCUT2D eigenvalue weighted by Gasteiger charge is -2.36. The lowest BCUT2D eigenvalue weighted by molar-refractivity contribution is -0.0970. The fourth-order valence-corrected chi connectivity index (χ4v) is 3.56. The molecule has 1 amide bonds. The number of halogens is 5. The number of alkyl halides is 4. The van der Waals surface area contributed by atoms with Gasteiger partial charge >= 0.3 is 0 Å². The van der Waals surface area contributed by atoms with Gasteiger partial charge in [-0.25, -0.2) is 22.5 Å². The minimum atomic E-state index is -3.65. The van der Waals surface area contributed by atoms with Crippen LogP contribution in [0.5, 0.6) is 0 Å². The third-order valence-electron chi connectivity index (χ3n) is 4.48. The number of nitrogens with zero attached hydrogens (tertiary/aromatic N) is 2. The Kier molecular flexibility index (Phi) is 3.79. The Morgan fingerprint density at radius 2 is 1.91 bits per heavy atom. The monoisotopic (exact) mass is 352 g/mol. The van der Waals surface area contributed by atoms with Crippen molar-refractivity contribution in [3.05, 3.63) is 29.0 Å². The maximum atomic E-state index is 14.0. The van der Waals surface area contributed by atoms with E-state index < -0.39 is 55.2 Å². The van der Waals surface area contributed by atoms with Gasteiger partial charge in [0.15, 0.2) is 0 Å². The molecular formula is C14H13ClF4N2O2. The Morgan fingerprint density at radius 3 is 2.48 bits per heavy atom. The van der Waals surface area contributed by atoms with Crippen LogP contribution >= 0.6 is 11.6 Å².